The van der Waals surface area contributed by atoms with Crippen LogP contribution in [-0.4, -0.2) is 46.8 Å². The highest BCUT2D eigenvalue weighted by Gasteiger charge is 2.44. The minimum atomic E-state index is 0.182. The molecule has 0 aromatic heterocycles. The number of nitrogens with zero attached hydrogens (tertiary/aromatic N) is 2. The van der Waals surface area contributed by atoms with Crippen molar-refractivity contribution in [1.29, 1.82) is 0 Å². The van der Waals surface area contributed by atoms with Crippen molar-refractivity contribution in [3.05, 3.63) is 0 Å². The summed E-state index contributed by atoms with van der Waals surface area (Å²) in [4.78, 5) is 27.4. The Kier molecular flexibility index (Phi) is 1.97. The van der Waals surface area contributed by atoms with Gasteiger partial charge < -0.3 is 9.80 Å². The Morgan fingerprint density at radius 1 is 1.13 bits per heavy atom. The summed E-state index contributed by atoms with van der Waals surface area (Å²) in [6.07, 6.45) is 4.37. The molecule has 3 saturated heterocycles. The van der Waals surface area contributed by atoms with Gasteiger partial charge in [0.1, 0.15) is 5.78 Å². The second-order valence-corrected chi connectivity index (χ2v) is 4.86. The topological polar surface area (TPSA) is 40.6 Å². The van der Waals surface area contributed by atoms with E-state index in [1.54, 1.807) is 0 Å². The van der Waals surface area contributed by atoms with Crippen molar-refractivity contribution in [2.75, 3.05) is 13.1 Å². The van der Waals surface area contributed by atoms with Gasteiger partial charge in [0.25, 0.3) is 0 Å². The van der Waals surface area contributed by atoms with Crippen LogP contribution in [-0.2, 0) is 4.79 Å². The summed E-state index contributed by atoms with van der Waals surface area (Å²) < 4.78 is 0. The van der Waals surface area contributed by atoms with Gasteiger partial charge in [-0.1, -0.05) is 0 Å². The van der Waals surface area contributed by atoms with Crippen molar-refractivity contribution in [3.8, 4) is 0 Å². The number of likely N-dealkylation sites (tertiary alicyclic amines) is 1. The number of fused-ring (bicyclic) bond motifs is 2. The van der Waals surface area contributed by atoms with Gasteiger partial charge in [0.05, 0.1) is 0 Å². The highest BCUT2D eigenvalue weighted by molar-refractivity contribution is 5.85. The first-order chi connectivity index (χ1) is 7.25. The third kappa shape index (κ3) is 1.34. The Labute approximate surface area is 89.2 Å². The molecule has 0 unspecified atom stereocenters. The minimum Gasteiger partial charge on any atom is -0.325 e. The molecular weight excluding hydrogens is 192 g/mol. The fraction of sp³-hybridized carbons (Fsp3) is 0.818. The fourth-order valence-electron chi connectivity index (χ4n) is 2.95. The van der Waals surface area contributed by atoms with E-state index in [1.165, 1.54) is 0 Å². The molecule has 3 fully saturated rings. The predicted octanol–water partition coefficient (Wildman–Crippen LogP) is 1.01. The van der Waals surface area contributed by atoms with Crippen LogP contribution >= 0.6 is 0 Å². The predicted molar refractivity (Wildman–Crippen MR) is 54.5 cm³/mol. The Balaban J connectivity index is 1.76. The Morgan fingerprint density at radius 3 is 2.20 bits per heavy atom. The van der Waals surface area contributed by atoms with Gasteiger partial charge >= 0.3 is 6.03 Å². The van der Waals surface area contributed by atoms with Crippen LogP contribution < -0.4 is 0 Å². The lowest BCUT2D eigenvalue weighted by Gasteiger charge is -2.41. The summed E-state index contributed by atoms with van der Waals surface area (Å²) in [6.45, 7) is 1.81. The average Bonchev–Trinajstić information content (AvgIpc) is 2.36. The van der Waals surface area contributed by atoms with E-state index in [-0.39, 0.29) is 18.1 Å². The summed E-state index contributed by atoms with van der Waals surface area (Å²) >= 11 is 0. The van der Waals surface area contributed by atoms with Crippen LogP contribution in [0.4, 0.5) is 4.79 Å². The lowest BCUT2D eigenvalue weighted by molar-refractivity contribution is -0.122. The van der Waals surface area contributed by atoms with Crippen LogP contribution in [0.3, 0.4) is 0 Å². The van der Waals surface area contributed by atoms with Crippen LogP contribution in [0, 0.1) is 0 Å². The molecule has 4 nitrogen and oxygen atoms in total. The third-order valence-corrected chi connectivity index (χ3v) is 3.89. The number of carbonyl (C=O) groups excluding carboxylic acids is 2. The van der Waals surface area contributed by atoms with Gasteiger partial charge in [0.15, 0.2) is 0 Å². The molecule has 82 valence electrons. The monoisotopic (exact) mass is 208 g/mol. The summed E-state index contributed by atoms with van der Waals surface area (Å²) in [7, 11) is 0. The van der Waals surface area contributed by atoms with E-state index >= 15 is 0 Å². The molecule has 2 atom stereocenters. The van der Waals surface area contributed by atoms with Crippen molar-refractivity contribution in [1.82, 2.24) is 9.80 Å². The second kappa shape index (κ2) is 3.22. The third-order valence-electron chi connectivity index (χ3n) is 3.89. The van der Waals surface area contributed by atoms with E-state index in [4.69, 9.17) is 0 Å². The lowest BCUT2D eigenvalue weighted by Crippen LogP contribution is -2.55. The number of Topliss-reactive ketones (excluding diaryl/α,β-unsaturated/α-hetero) is 1. The fourth-order valence-corrected chi connectivity index (χ4v) is 2.95. The van der Waals surface area contributed by atoms with Crippen LogP contribution in [0.1, 0.15) is 32.1 Å². The maximum absolute atomic E-state index is 12.1. The normalized spacial score (nSPS) is 34.3. The molecule has 3 heterocycles. The summed E-state index contributed by atoms with van der Waals surface area (Å²) in [6, 6.07) is 0.606. The van der Waals surface area contributed by atoms with E-state index in [0.717, 1.165) is 32.4 Å². The Bertz CT molecular complexity index is 296. The van der Waals surface area contributed by atoms with Crippen molar-refractivity contribution in [3.63, 3.8) is 0 Å². The van der Waals surface area contributed by atoms with Crippen LogP contribution in [0.2, 0.25) is 0 Å². The molecule has 0 saturated carbocycles. The maximum atomic E-state index is 12.1. The molecule has 2 bridgehead atoms. The Morgan fingerprint density at radius 2 is 1.73 bits per heavy atom. The smallest absolute Gasteiger partial charge is 0.320 e. The largest absolute Gasteiger partial charge is 0.325 e. The summed E-state index contributed by atoms with van der Waals surface area (Å²) in [5.74, 6) is 0.343. The van der Waals surface area contributed by atoms with Crippen molar-refractivity contribution < 1.29 is 9.59 Å². The van der Waals surface area contributed by atoms with Gasteiger partial charge in [-0.2, -0.15) is 0 Å². The summed E-state index contributed by atoms with van der Waals surface area (Å²) in [5, 5.41) is 0. The second-order valence-electron chi connectivity index (χ2n) is 4.86. The number of rotatable bonds is 0. The van der Waals surface area contributed by atoms with Gasteiger partial charge in [-0.15, -0.1) is 0 Å². The van der Waals surface area contributed by atoms with E-state index in [1.807, 2.05) is 9.80 Å². The SMILES string of the molecule is O=C1C[C@H]2CC[C@@H](C1)N2C(=O)N1CCC1. The maximum Gasteiger partial charge on any atom is 0.320 e. The molecular formula is C11H16N2O2. The molecule has 3 aliphatic rings. The molecule has 3 rings (SSSR count). The number of hydrogen-bond donors (Lipinski definition) is 0. The molecule has 0 spiro atoms. The number of urea groups is 1. The molecule has 15 heavy (non-hydrogen) atoms. The minimum absolute atomic E-state index is 0.182. The van der Waals surface area contributed by atoms with Gasteiger partial charge in [-0.3, -0.25) is 4.79 Å². The van der Waals surface area contributed by atoms with Gasteiger partial charge in [0, 0.05) is 38.0 Å². The molecule has 0 aromatic carbocycles. The van der Waals surface area contributed by atoms with E-state index < -0.39 is 0 Å². The quantitative estimate of drug-likeness (QED) is 0.596. The zero-order chi connectivity index (χ0) is 10.4. The standard InChI is InChI=1S/C11H16N2O2/c14-10-6-8-2-3-9(7-10)13(8)11(15)12-4-1-5-12/h8-9H,1-7H2/t8-,9+. The molecule has 0 aromatic rings. The summed E-state index contributed by atoms with van der Waals surface area (Å²) in [5.41, 5.74) is 0. The van der Waals surface area contributed by atoms with Crippen LogP contribution in [0.25, 0.3) is 0 Å². The molecule has 0 aliphatic carbocycles. The average molecular weight is 208 g/mol. The number of ketones is 1. The molecule has 2 amide bonds. The first-order valence-electron chi connectivity index (χ1n) is 5.84. The van der Waals surface area contributed by atoms with Crippen LogP contribution in [0.5, 0.6) is 0 Å². The molecule has 4 heteroatoms. The number of hydrogen-bond acceptors (Lipinski definition) is 2. The van der Waals surface area contributed by atoms with Crippen molar-refractivity contribution >= 4 is 11.8 Å². The number of piperidine rings is 1. The zero-order valence-electron chi connectivity index (χ0n) is 8.82. The van der Waals surface area contributed by atoms with Crippen molar-refractivity contribution in [2.45, 2.75) is 44.2 Å². The Hall–Kier alpha value is -1.06. The van der Waals surface area contributed by atoms with Gasteiger partial charge in [-0.05, 0) is 19.3 Å². The molecule has 0 radical (unpaired) electrons. The first kappa shape index (κ1) is 9.19. The highest BCUT2D eigenvalue weighted by atomic mass is 16.2. The van der Waals surface area contributed by atoms with E-state index in [0.29, 0.717) is 18.6 Å². The van der Waals surface area contributed by atoms with Gasteiger partial charge in [-0.25, -0.2) is 4.79 Å². The van der Waals surface area contributed by atoms with Crippen LogP contribution in [0.15, 0.2) is 0 Å². The van der Waals surface area contributed by atoms with Gasteiger partial charge in [0.2, 0.25) is 0 Å². The van der Waals surface area contributed by atoms with E-state index in [2.05, 4.69) is 0 Å². The zero-order valence-corrected chi connectivity index (χ0v) is 8.82. The lowest BCUT2D eigenvalue weighted by atomic mass is 10.0. The molecule has 3 aliphatic heterocycles. The molecule has 0 N–H and O–H groups in total. The van der Waals surface area contributed by atoms with E-state index in [9.17, 15) is 9.59 Å². The number of carbonyl (C=O) groups is 2. The first-order valence-corrected chi connectivity index (χ1v) is 5.84. The number of amides is 2. The highest BCUT2D eigenvalue weighted by Crippen LogP contribution is 2.35. The van der Waals surface area contributed by atoms with Crippen molar-refractivity contribution in [2.24, 2.45) is 0 Å².